The molecular formula is C11H21N3S. The third-order valence-electron chi connectivity index (χ3n) is 2.14. The second-order valence-electron chi connectivity index (χ2n) is 3.85. The van der Waals surface area contributed by atoms with Crippen molar-refractivity contribution in [1.82, 2.24) is 15.2 Å². The number of hydrogen-bond acceptors (Lipinski definition) is 4. The van der Waals surface area contributed by atoms with Crippen LogP contribution in [0.3, 0.4) is 0 Å². The van der Waals surface area contributed by atoms with Gasteiger partial charge in [0, 0.05) is 18.0 Å². The molecule has 0 aliphatic rings. The van der Waals surface area contributed by atoms with Gasteiger partial charge in [0.25, 0.3) is 0 Å². The van der Waals surface area contributed by atoms with Crippen molar-refractivity contribution in [3.8, 4) is 0 Å². The van der Waals surface area contributed by atoms with Crippen molar-refractivity contribution in [2.24, 2.45) is 0 Å². The zero-order valence-electron chi connectivity index (χ0n) is 10.1. The number of rotatable bonds is 6. The highest BCUT2D eigenvalue weighted by molar-refractivity contribution is 7.11. The molecule has 15 heavy (non-hydrogen) atoms. The summed E-state index contributed by atoms with van der Waals surface area (Å²) in [4.78, 5) is 8.22. The van der Waals surface area contributed by atoms with E-state index >= 15 is 0 Å². The molecule has 0 fully saturated rings. The van der Waals surface area contributed by atoms with Crippen LogP contribution in [0.25, 0.3) is 0 Å². The average Bonchev–Trinajstić information content (AvgIpc) is 2.56. The molecule has 86 valence electrons. The molecule has 0 unspecified atom stereocenters. The number of nitrogens with one attached hydrogen (secondary N) is 1. The second kappa shape index (κ2) is 6.20. The summed E-state index contributed by atoms with van der Waals surface area (Å²) in [5, 5.41) is 4.59. The molecule has 3 nitrogen and oxygen atoms in total. The molecule has 0 aromatic carbocycles. The Morgan fingerprint density at radius 1 is 1.33 bits per heavy atom. The summed E-state index contributed by atoms with van der Waals surface area (Å²) in [7, 11) is 4.16. The van der Waals surface area contributed by atoms with Gasteiger partial charge >= 0.3 is 0 Å². The summed E-state index contributed by atoms with van der Waals surface area (Å²) in [5.74, 6) is 0. The molecule has 0 aliphatic carbocycles. The van der Waals surface area contributed by atoms with Gasteiger partial charge in [-0.15, -0.1) is 11.3 Å². The van der Waals surface area contributed by atoms with Crippen LogP contribution in [-0.4, -0.2) is 30.5 Å². The first-order valence-corrected chi connectivity index (χ1v) is 6.31. The molecule has 0 aliphatic heterocycles. The fraction of sp³-hybridized carbons (Fsp3) is 0.727. The summed E-state index contributed by atoms with van der Waals surface area (Å²) in [6, 6.07) is 0. The number of hydrogen-bond donors (Lipinski definition) is 1. The SMILES string of the molecule is CCNCc1sc(CN(C)C)nc1CC. The van der Waals surface area contributed by atoms with E-state index in [9.17, 15) is 0 Å². The zero-order valence-corrected chi connectivity index (χ0v) is 10.9. The van der Waals surface area contributed by atoms with Gasteiger partial charge in [0.15, 0.2) is 0 Å². The molecule has 0 bridgehead atoms. The smallest absolute Gasteiger partial charge is 0.107 e. The molecule has 0 saturated heterocycles. The van der Waals surface area contributed by atoms with Crippen molar-refractivity contribution < 1.29 is 0 Å². The van der Waals surface area contributed by atoms with E-state index in [0.717, 1.165) is 26.1 Å². The maximum absolute atomic E-state index is 4.66. The summed E-state index contributed by atoms with van der Waals surface area (Å²) < 4.78 is 0. The maximum atomic E-state index is 4.66. The lowest BCUT2D eigenvalue weighted by Crippen LogP contribution is -2.11. The van der Waals surface area contributed by atoms with Crippen molar-refractivity contribution in [2.75, 3.05) is 20.6 Å². The molecule has 1 aromatic rings. The highest BCUT2D eigenvalue weighted by atomic mass is 32.1. The first-order valence-electron chi connectivity index (χ1n) is 5.50. The van der Waals surface area contributed by atoms with E-state index in [-0.39, 0.29) is 0 Å². The molecular weight excluding hydrogens is 206 g/mol. The standard InChI is InChI=1S/C11H21N3S/c1-5-9-10(7-12-6-2)15-11(13-9)8-14(3)4/h12H,5-8H2,1-4H3. The van der Waals surface area contributed by atoms with Crippen molar-refractivity contribution in [3.63, 3.8) is 0 Å². The fourth-order valence-electron chi connectivity index (χ4n) is 1.43. The molecule has 0 saturated carbocycles. The van der Waals surface area contributed by atoms with Crippen LogP contribution < -0.4 is 5.32 Å². The Balaban J connectivity index is 2.71. The molecule has 1 N–H and O–H groups in total. The van der Waals surface area contributed by atoms with Crippen LogP contribution in [0.2, 0.25) is 0 Å². The van der Waals surface area contributed by atoms with Gasteiger partial charge in [0.05, 0.1) is 5.69 Å². The lowest BCUT2D eigenvalue weighted by molar-refractivity contribution is 0.401. The molecule has 0 amide bonds. The summed E-state index contributed by atoms with van der Waals surface area (Å²) >= 11 is 1.84. The van der Waals surface area contributed by atoms with Crippen molar-refractivity contribution in [1.29, 1.82) is 0 Å². The Morgan fingerprint density at radius 2 is 2.07 bits per heavy atom. The van der Waals surface area contributed by atoms with E-state index in [1.54, 1.807) is 0 Å². The van der Waals surface area contributed by atoms with Gasteiger partial charge in [-0.2, -0.15) is 0 Å². The third-order valence-corrected chi connectivity index (χ3v) is 3.23. The van der Waals surface area contributed by atoms with Gasteiger partial charge in [0.1, 0.15) is 5.01 Å². The molecule has 4 heteroatoms. The summed E-state index contributed by atoms with van der Waals surface area (Å²) in [5.41, 5.74) is 1.26. The first kappa shape index (κ1) is 12.6. The quantitative estimate of drug-likeness (QED) is 0.804. The van der Waals surface area contributed by atoms with Gasteiger partial charge in [-0.05, 0) is 27.1 Å². The van der Waals surface area contributed by atoms with Crippen LogP contribution >= 0.6 is 11.3 Å². The van der Waals surface area contributed by atoms with Crippen LogP contribution in [0.5, 0.6) is 0 Å². The van der Waals surface area contributed by atoms with E-state index in [2.05, 4.69) is 43.1 Å². The van der Waals surface area contributed by atoms with Gasteiger partial charge in [-0.25, -0.2) is 4.98 Å². The molecule has 1 rings (SSSR count). The number of aromatic nitrogens is 1. The Labute approximate surface area is 96.5 Å². The minimum absolute atomic E-state index is 0.948. The second-order valence-corrected chi connectivity index (χ2v) is 5.02. The molecule has 0 atom stereocenters. The van der Waals surface area contributed by atoms with E-state index in [1.165, 1.54) is 15.6 Å². The highest BCUT2D eigenvalue weighted by Crippen LogP contribution is 2.20. The normalized spacial score (nSPS) is 11.3. The van der Waals surface area contributed by atoms with Gasteiger partial charge in [-0.1, -0.05) is 13.8 Å². The van der Waals surface area contributed by atoms with Gasteiger partial charge < -0.3 is 10.2 Å². The predicted octanol–water partition coefficient (Wildman–Crippen LogP) is 1.88. The number of aryl methyl sites for hydroxylation is 1. The lowest BCUT2D eigenvalue weighted by Gasteiger charge is -2.04. The van der Waals surface area contributed by atoms with Crippen molar-refractivity contribution >= 4 is 11.3 Å². The highest BCUT2D eigenvalue weighted by Gasteiger charge is 2.09. The van der Waals surface area contributed by atoms with Crippen LogP contribution in [0.4, 0.5) is 0 Å². The monoisotopic (exact) mass is 227 g/mol. The van der Waals surface area contributed by atoms with E-state index in [1.807, 2.05) is 11.3 Å². The third kappa shape index (κ3) is 3.89. The minimum atomic E-state index is 0.948. The van der Waals surface area contributed by atoms with Crippen LogP contribution in [0.15, 0.2) is 0 Å². The first-order chi connectivity index (χ1) is 7.17. The Morgan fingerprint density at radius 3 is 2.60 bits per heavy atom. The molecule has 0 radical (unpaired) electrons. The van der Waals surface area contributed by atoms with Gasteiger partial charge in [0.2, 0.25) is 0 Å². The average molecular weight is 227 g/mol. The topological polar surface area (TPSA) is 28.2 Å². The zero-order chi connectivity index (χ0) is 11.3. The van der Waals surface area contributed by atoms with Crippen LogP contribution in [0.1, 0.15) is 29.4 Å². The molecule has 1 heterocycles. The largest absolute Gasteiger partial charge is 0.312 e. The summed E-state index contributed by atoms with van der Waals surface area (Å²) in [6.45, 7) is 7.23. The Hall–Kier alpha value is -0.450. The van der Waals surface area contributed by atoms with Crippen LogP contribution in [0, 0.1) is 0 Å². The van der Waals surface area contributed by atoms with Crippen molar-refractivity contribution in [3.05, 3.63) is 15.6 Å². The maximum Gasteiger partial charge on any atom is 0.107 e. The number of thiazole rings is 1. The predicted molar refractivity (Wildman–Crippen MR) is 66.3 cm³/mol. The number of nitrogens with zero attached hydrogens (tertiary/aromatic N) is 2. The van der Waals surface area contributed by atoms with E-state index < -0.39 is 0 Å². The van der Waals surface area contributed by atoms with Crippen molar-refractivity contribution in [2.45, 2.75) is 33.4 Å². The molecule has 1 aromatic heterocycles. The Kier molecular flexibility index (Phi) is 5.22. The van der Waals surface area contributed by atoms with E-state index in [0.29, 0.717) is 0 Å². The lowest BCUT2D eigenvalue weighted by atomic mass is 10.3. The van der Waals surface area contributed by atoms with Crippen LogP contribution in [-0.2, 0) is 19.5 Å². The summed E-state index contributed by atoms with van der Waals surface area (Å²) in [6.07, 6.45) is 1.03. The minimum Gasteiger partial charge on any atom is -0.312 e. The molecule has 0 spiro atoms. The van der Waals surface area contributed by atoms with E-state index in [4.69, 9.17) is 0 Å². The Bertz CT molecular complexity index is 294. The fourth-order valence-corrected chi connectivity index (χ4v) is 2.67. The van der Waals surface area contributed by atoms with Gasteiger partial charge in [-0.3, -0.25) is 0 Å².